The molecule has 0 aromatic rings. The summed E-state index contributed by atoms with van der Waals surface area (Å²) < 4.78 is 0. The van der Waals surface area contributed by atoms with E-state index >= 15 is 0 Å². The first kappa shape index (κ1) is 21.1. The third kappa shape index (κ3) is 3.71. The van der Waals surface area contributed by atoms with Gasteiger partial charge in [0.05, 0.1) is 0 Å². The van der Waals surface area contributed by atoms with Crippen LogP contribution in [0.2, 0.25) is 0 Å². The smallest absolute Gasteiger partial charge is 1.00 e. The summed E-state index contributed by atoms with van der Waals surface area (Å²) in [6, 6.07) is 0. The van der Waals surface area contributed by atoms with E-state index in [1.165, 1.54) is 0 Å². The number of nitrogens with one attached hydrogen (secondary N) is 1. The molecule has 3 N–H and O–H groups in total. The molecule has 2 rings (SSSR count). The van der Waals surface area contributed by atoms with Crippen LogP contribution in [-0.4, -0.2) is 34.0 Å². The summed E-state index contributed by atoms with van der Waals surface area (Å²) in [6.07, 6.45) is 2.68. The Balaban J connectivity index is -0.000001000. The SMILES string of the molecule is O=C(O)C1C(=O)NC(=O)C(C(=O)O)C12CCCCC2.[H-].[H-].[Na+].[Na+]. The molecule has 1 aliphatic carbocycles. The van der Waals surface area contributed by atoms with E-state index in [9.17, 15) is 29.4 Å². The molecule has 9 heteroatoms. The fraction of sp³-hybridized carbons (Fsp3) is 0.667. The van der Waals surface area contributed by atoms with Crippen LogP contribution in [0.3, 0.4) is 0 Å². The Morgan fingerprint density at radius 3 is 1.67 bits per heavy atom. The van der Waals surface area contributed by atoms with E-state index in [1.54, 1.807) is 0 Å². The van der Waals surface area contributed by atoms with Crippen molar-refractivity contribution in [3.8, 4) is 0 Å². The first-order valence-corrected chi connectivity index (χ1v) is 6.20. The zero-order valence-corrected chi connectivity index (χ0v) is 16.2. The number of carbonyl (C=O) groups excluding carboxylic acids is 2. The molecule has 7 nitrogen and oxygen atoms in total. The summed E-state index contributed by atoms with van der Waals surface area (Å²) in [5.41, 5.74) is -1.28. The van der Waals surface area contributed by atoms with E-state index in [1.807, 2.05) is 5.32 Å². The first-order valence-electron chi connectivity index (χ1n) is 6.20. The predicted molar refractivity (Wildman–Crippen MR) is 63.1 cm³/mol. The van der Waals surface area contributed by atoms with Gasteiger partial charge >= 0.3 is 71.1 Å². The summed E-state index contributed by atoms with van der Waals surface area (Å²) in [5.74, 6) is -7.44. The Morgan fingerprint density at radius 1 is 0.952 bits per heavy atom. The molecular weight excluding hydrogens is 300 g/mol. The third-order valence-electron chi connectivity index (χ3n) is 4.20. The van der Waals surface area contributed by atoms with Crippen LogP contribution < -0.4 is 64.4 Å². The van der Waals surface area contributed by atoms with Gasteiger partial charge in [-0.05, 0) is 12.8 Å². The molecule has 2 amide bonds. The van der Waals surface area contributed by atoms with Gasteiger partial charge < -0.3 is 13.1 Å². The maximum Gasteiger partial charge on any atom is 1.00 e. The van der Waals surface area contributed by atoms with Gasteiger partial charge in [-0.15, -0.1) is 0 Å². The Hall–Kier alpha value is 0.0800. The number of carboxylic acids is 2. The van der Waals surface area contributed by atoms with Crippen molar-refractivity contribution in [1.82, 2.24) is 5.32 Å². The van der Waals surface area contributed by atoms with Gasteiger partial charge in [0.1, 0.15) is 11.8 Å². The van der Waals surface area contributed by atoms with Crippen molar-refractivity contribution in [3.05, 3.63) is 0 Å². The van der Waals surface area contributed by atoms with E-state index in [-0.39, 0.29) is 74.8 Å². The zero-order chi connectivity index (χ0) is 14.2. The Kier molecular flexibility index (Phi) is 8.11. The molecule has 0 radical (unpaired) electrons. The molecule has 1 heterocycles. The van der Waals surface area contributed by atoms with Crippen LogP contribution in [0.1, 0.15) is 35.0 Å². The minimum Gasteiger partial charge on any atom is -1.00 e. The molecule has 108 valence electrons. The van der Waals surface area contributed by atoms with Crippen LogP contribution in [-0.2, 0) is 19.2 Å². The molecule has 2 fully saturated rings. The van der Waals surface area contributed by atoms with Gasteiger partial charge in [0.25, 0.3) is 0 Å². The second-order valence-electron chi connectivity index (χ2n) is 5.19. The monoisotopic (exact) mass is 317 g/mol. The number of amides is 2. The topological polar surface area (TPSA) is 121 Å². The molecule has 0 aromatic carbocycles. The number of piperidine rings is 1. The average molecular weight is 317 g/mol. The number of imide groups is 1. The van der Waals surface area contributed by atoms with Gasteiger partial charge in [-0.25, -0.2) is 0 Å². The van der Waals surface area contributed by atoms with Crippen molar-refractivity contribution >= 4 is 23.8 Å². The van der Waals surface area contributed by atoms with Gasteiger partial charge in [-0.3, -0.25) is 24.5 Å². The second-order valence-corrected chi connectivity index (χ2v) is 5.19. The first-order chi connectivity index (χ1) is 8.90. The number of rotatable bonds is 2. The van der Waals surface area contributed by atoms with Crippen LogP contribution in [0.15, 0.2) is 0 Å². The molecule has 1 saturated heterocycles. The quantitative estimate of drug-likeness (QED) is 0.265. The average Bonchev–Trinajstić information content (AvgIpc) is 2.27. The molecule has 2 atom stereocenters. The molecule has 1 aliphatic heterocycles. The van der Waals surface area contributed by atoms with Crippen molar-refractivity contribution in [2.24, 2.45) is 17.3 Å². The predicted octanol–water partition coefficient (Wildman–Crippen LogP) is -5.77. The van der Waals surface area contributed by atoms with Crippen LogP contribution in [0, 0.1) is 17.3 Å². The number of carboxylic acid groups (broad SMARTS) is 2. The largest absolute Gasteiger partial charge is 1.00 e. The normalized spacial score (nSPS) is 27.0. The number of hydrogen-bond donors (Lipinski definition) is 3. The maximum absolute atomic E-state index is 11.8. The van der Waals surface area contributed by atoms with Crippen LogP contribution in [0.5, 0.6) is 0 Å². The van der Waals surface area contributed by atoms with Gasteiger partial charge in [0.15, 0.2) is 0 Å². The Bertz CT molecular complexity index is 436. The maximum atomic E-state index is 11.8. The van der Waals surface area contributed by atoms with Gasteiger partial charge in [-0.1, -0.05) is 19.3 Å². The molecular formula is C12H17NNa2O6. The third-order valence-corrected chi connectivity index (χ3v) is 4.20. The van der Waals surface area contributed by atoms with E-state index in [0.29, 0.717) is 12.8 Å². The minimum absolute atomic E-state index is 0. The number of aliphatic carboxylic acids is 2. The van der Waals surface area contributed by atoms with Crippen molar-refractivity contribution in [1.29, 1.82) is 0 Å². The molecule has 1 saturated carbocycles. The fourth-order valence-electron chi connectivity index (χ4n) is 3.46. The second kappa shape index (κ2) is 8.08. The Morgan fingerprint density at radius 2 is 1.33 bits per heavy atom. The van der Waals surface area contributed by atoms with Gasteiger partial charge in [-0.2, -0.15) is 0 Å². The zero-order valence-electron chi connectivity index (χ0n) is 14.2. The Labute approximate surface area is 168 Å². The molecule has 0 aromatic heterocycles. The molecule has 1 spiro atoms. The van der Waals surface area contributed by atoms with E-state index in [0.717, 1.165) is 6.42 Å². The van der Waals surface area contributed by atoms with E-state index < -0.39 is 41.0 Å². The number of hydrogen-bond acceptors (Lipinski definition) is 4. The summed E-state index contributed by atoms with van der Waals surface area (Å²) in [5, 5.41) is 20.4. The summed E-state index contributed by atoms with van der Waals surface area (Å²) in [4.78, 5) is 46.3. The van der Waals surface area contributed by atoms with E-state index in [2.05, 4.69) is 0 Å². The van der Waals surface area contributed by atoms with Gasteiger partial charge in [0.2, 0.25) is 11.8 Å². The minimum atomic E-state index is -1.47. The summed E-state index contributed by atoms with van der Waals surface area (Å²) in [6.45, 7) is 0. The molecule has 2 unspecified atom stereocenters. The van der Waals surface area contributed by atoms with E-state index in [4.69, 9.17) is 0 Å². The van der Waals surface area contributed by atoms with Crippen LogP contribution in [0.25, 0.3) is 0 Å². The van der Waals surface area contributed by atoms with Gasteiger partial charge in [0, 0.05) is 5.41 Å². The molecule has 0 bridgehead atoms. The molecule has 21 heavy (non-hydrogen) atoms. The fourth-order valence-corrected chi connectivity index (χ4v) is 3.46. The number of carbonyl (C=O) groups is 4. The van der Waals surface area contributed by atoms with Crippen LogP contribution >= 0.6 is 0 Å². The van der Waals surface area contributed by atoms with Crippen molar-refractivity contribution in [2.45, 2.75) is 32.1 Å². The molecule has 2 aliphatic rings. The summed E-state index contributed by atoms with van der Waals surface area (Å²) in [7, 11) is 0. The standard InChI is InChI=1S/C12H15NO6.2Na.2H/c14-8-6(10(16)17)12(4-2-1-3-5-12)7(11(18)19)9(15)13-8;;;;/h6-7H,1-5H2,(H,16,17)(H,18,19)(H,13,14,15);;;;/q;2*+1;2*-1. The van der Waals surface area contributed by atoms with Crippen molar-refractivity contribution < 1.29 is 91.4 Å². The van der Waals surface area contributed by atoms with Crippen molar-refractivity contribution in [3.63, 3.8) is 0 Å². The summed E-state index contributed by atoms with van der Waals surface area (Å²) >= 11 is 0. The van der Waals surface area contributed by atoms with Crippen molar-refractivity contribution in [2.75, 3.05) is 0 Å². The van der Waals surface area contributed by atoms with Crippen LogP contribution in [0.4, 0.5) is 0 Å².